The minimum Gasteiger partial charge on any atom is -0.451 e. The van der Waals surface area contributed by atoms with Gasteiger partial charge in [-0.25, -0.2) is 9.48 Å². The molecule has 0 aliphatic heterocycles. The lowest BCUT2D eigenvalue weighted by atomic mass is 10.1. The largest absolute Gasteiger partial charge is 0.451 e. The summed E-state index contributed by atoms with van der Waals surface area (Å²) in [5, 5.41) is 13.8. The molecule has 3 aromatic rings. The molecule has 8 nitrogen and oxygen atoms in total. The second-order valence-corrected chi connectivity index (χ2v) is 6.79. The maximum Gasteiger partial charge on any atom is 0.359 e. The Hall–Kier alpha value is -3.99. The Morgan fingerprint density at radius 2 is 1.77 bits per heavy atom. The van der Waals surface area contributed by atoms with Gasteiger partial charge >= 0.3 is 5.97 Å². The molecule has 1 aromatic heterocycles. The topological polar surface area (TPSA) is 105 Å². The molecular formula is C23H22N4O4. The van der Waals surface area contributed by atoms with Gasteiger partial charge in [-0.05, 0) is 24.6 Å². The third kappa shape index (κ3) is 4.95. The van der Waals surface area contributed by atoms with Crippen molar-refractivity contribution in [3.63, 3.8) is 0 Å². The number of rotatable bonds is 8. The maximum absolute atomic E-state index is 12.8. The molecule has 0 N–H and O–H groups in total. The molecule has 0 saturated carbocycles. The molecule has 0 aliphatic carbocycles. The molecule has 3 rings (SSSR count). The lowest BCUT2D eigenvalue weighted by Gasteiger charge is -2.21. The number of nitrogens with zero attached hydrogens (tertiary/aromatic N) is 4. The fraction of sp³-hybridized carbons (Fsp3) is 0.261. The maximum atomic E-state index is 12.8. The van der Waals surface area contributed by atoms with E-state index < -0.39 is 18.5 Å². The van der Waals surface area contributed by atoms with Crippen LogP contribution in [0.5, 0.6) is 0 Å². The van der Waals surface area contributed by atoms with E-state index in [1.54, 1.807) is 48.5 Å². The first-order chi connectivity index (χ1) is 15.1. The third-order valence-corrected chi connectivity index (χ3v) is 4.64. The van der Waals surface area contributed by atoms with Crippen LogP contribution in [-0.4, -0.2) is 34.8 Å². The molecular weight excluding hydrogens is 396 g/mol. The number of aromatic nitrogens is 2. The summed E-state index contributed by atoms with van der Waals surface area (Å²) in [6.45, 7) is 1.93. The summed E-state index contributed by atoms with van der Waals surface area (Å²) in [5.74, 6) is -1.25. The number of fused-ring (bicyclic) bond motifs is 1. The van der Waals surface area contributed by atoms with Crippen LogP contribution in [0.25, 0.3) is 10.8 Å². The fourth-order valence-corrected chi connectivity index (χ4v) is 3.19. The fourth-order valence-electron chi connectivity index (χ4n) is 3.19. The lowest BCUT2D eigenvalue weighted by molar-refractivity contribution is -0.121. The van der Waals surface area contributed by atoms with E-state index in [9.17, 15) is 14.4 Å². The van der Waals surface area contributed by atoms with Crippen molar-refractivity contribution in [2.45, 2.75) is 26.3 Å². The molecule has 0 saturated heterocycles. The smallest absolute Gasteiger partial charge is 0.359 e. The first-order valence-electron chi connectivity index (χ1n) is 9.96. The van der Waals surface area contributed by atoms with E-state index >= 15 is 0 Å². The number of carbonyl (C=O) groups excluding carboxylic acids is 2. The molecule has 1 amide bonds. The minimum atomic E-state index is -0.789. The van der Waals surface area contributed by atoms with Gasteiger partial charge in [0.25, 0.3) is 11.5 Å². The molecule has 1 heterocycles. The van der Waals surface area contributed by atoms with Crippen LogP contribution in [0.3, 0.4) is 0 Å². The Kier molecular flexibility index (Phi) is 7.12. The normalized spacial score (nSPS) is 10.5. The van der Waals surface area contributed by atoms with Gasteiger partial charge in [0.15, 0.2) is 12.3 Å². The van der Waals surface area contributed by atoms with Gasteiger partial charge in [0.1, 0.15) is 0 Å². The van der Waals surface area contributed by atoms with Crippen LogP contribution in [-0.2, 0) is 16.1 Å². The second kappa shape index (κ2) is 10.2. The predicted molar refractivity (Wildman–Crippen MR) is 116 cm³/mol. The summed E-state index contributed by atoms with van der Waals surface area (Å²) in [7, 11) is 0. The highest BCUT2D eigenvalue weighted by Crippen LogP contribution is 2.16. The highest BCUT2D eigenvalue weighted by atomic mass is 16.5. The molecule has 31 heavy (non-hydrogen) atoms. The SMILES string of the molecule is CCCn1nc(C(=O)OCC(=O)N(CCC#N)c2ccccc2)c2ccccc2c1=O. The Labute approximate surface area is 179 Å². The average molecular weight is 418 g/mol. The Balaban J connectivity index is 1.83. The number of hydrogen-bond donors (Lipinski definition) is 0. The zero-order valence-corrected chi connectivity index (χ0v) is 17.2. The van der Waals surface area contributed by atoms with Crippen LogP contribution in [0, 0.1) is 11.3 Å². The standard InChI is InChI=1S/C23H22N4O4/c1-2-14-27-22(29)19-12-7-6-11-18(19)21(25-27)23(30)31-16-20(28)26(15-8-13-24)17-9-4-3-5-10-17/h3-7,9-12H,2,8,14-16H2,1H3. The van der Waals surface area contributed by atoms with Gasteiger partial charge in [-0.3, -0.25) is 9.59 Å². The Bertz CT molecular complexity index is 1180. The van der Waals surface area contributed by atoms with Gasteiger partial charge < -0.3 is 9.64 Å². The third-order valence-electron chi connectivity index (χ3n) is 4.64. The summed E-state index contributed by atoms with van der Waals surface area (Å²) in [5.41, 5.74) is 0.315. The monoisotopic (exact) mass is 418 g/mol. The van der Waals surface area contributed by atoms with E-state index in [-0.39, 0.29) is 24.2 Å². The number of aryl methyl sites for hydroxylation is 1. The Morgan fingerprint density at radius 1 is 1.10 bits per heavy atom. The van der Waals surface area contributed by atoms with Crippen LogP contribution in [0.15, 0.2) is 59.4 Å². The lowest BCUT2D eigenvalue weighted by Crippen LogP contribution is -2.35. The van der Waals surface area contributed by atoms with Crippen molar-refractivity contribution in [3.8, 4) is 6.07 Å². The molecule has 0 unspecified atom stereocenters. The van der Waals surface area contributed by atoms with E-state index in [1.165, 1.54) is 9.58 Å². The van der Waals surface area contributed by atoms with Gasteiger partial charge in [-0.2, -0.15) is 10.4 Å². The number of nitriles is 1. The zero-order valence-electron chi connectivity index (χ0n) is 17.2. The molecule has 0 atom stereocenters. The zero-order chi connectivity index (χ0) is 22.2. The van der Waals surface area contributed by atoms with Crippen LogP contribution >= 0.6 is 0 Å². The van der Waals surface area contributed by atoms with Crippen molar-refractivity contribution < 1.29 is 14.3 Å². The van der Waals surface area contributed by atoms with E-state index in [4.69, 9.17) is 10.00 Å². The first-order valence-corrected chi connectivity index (χ1v) is 9.96. The number of esters is 1. The number of para-hydroxylation sites is 1. The van der Waals surface area contributed by atoms with Gasteiger partial charge in [0.05, 0.1) is 17.9 Å². The van der Waals surface area contributed by atoms with Gasteiger partial charge in [0, 0.05) is 24.2 Å². The average Bonchev–Trinajstić information content (AvgIpc) is 2.80. The highest BCUT2D eigenvalue weighted by molar-refractivity contribution is 6.03. The second-order valence-electron chi connectivity index (χ2n) is 6.79. The van der Waals surface area contributed by atoms with Gasteiger partial charge in [-0.15, -0.1) is 0 Å². The van der Waals surface area contributed by atoms with Crippen molar-refractivity contribution in [1.29, 1.82) is 5.26 Å². The van der Waals surface area contributed by atoms with E-state index in [0.717, 1.165) is 0 Å². The van der Waals surface area contributed by atoms with Crippen molar-refractivity contribution in [2.75, 3.05) is 18.1 Å². The predicted octanol–water partition coefficient (Wildman–Crippen LogP) is 2.91. The summed E-state index contributed by atoms with van der Waals surface area (Å²) >= 11 is 0. The van der Waals surface area contributed by atoms with E-state index in [0.29, 0.717) is 29.4 Å². The van der Waals surface area contributed by atoms with Gasteiger partial charge in [0.2, 0.25) is 0 Å². The summed E-state index contributed by atoms with van der Waals surface area (Å²) in [6.07, 6.45) is 0.811. The van der Waals surface area contributed by atoms with Crippen LogP contribution in [0.2, 0.25) is 0 Å². The van der Waals surface area contributed by atoms with Crippen LogP contribution in [0.1, 0.15) is 30.3 Å². The Morgan fingerprint density at radius 3 is 2.45 bits per heavy atom. The van der Waals surface area contributed by atoms with E-state index in [1.807, 2.05) is 19.1 Å². The first kappa shape index (κ1) is 21.7. The summed E-state index contributed by atoms with van der Waals surface area (Å²) in [4.78, 5) is 39.5. The molecule has 158 valence electrons. The number of anilines is 1. The molecule has 0 aliphatic rings. The van der Waals surface area contributed by atoms with Crippen molar-refractivity contribution >= 4 is 28.3 Å². The molecule has 0 spiro atoms. The summed E-state index contributed by atoms with van der Waals surface area (Å²) in [6, 6.07) is 17.5. The van der Waals surface area contributed by atoms with Crippen molar-refractivity contribution in [2.24, 2.45) is 0 Å². The van der Waals surface area contributed by atoms with Gasteiger partial charge in [-0.1, -0.05) is 43.3 Å². The van der Waals surface area contributed by atoms with Crippen molar-refractivity contribution in [3.05, 3.63) is 70.6 Å². The molecule has 0 radical (unpaired) electrons. The van der Waals surface area contributed by atoms with Crippen LogP contribution < -0.4 is 10.5 Å². The molecule has 0 bridgehead atoms. The minimum absolute atomic E-state index is 0.0141. The van der Waals surface area contributed by atoms with Crippen molar-refractivity contribution in [1.82, 2.24) is 9.78 Å². The summed E-state index contributed by atoms with van der Waals surface area (Å²) < 4.78 is 6.50. The van der Waals surface area contributed by atoms with Crippen LogP contribution in [0.4, 0.5) is 5.69 Å². The number of carbonyl (C=O) groups is 2. The molecule has 8 heteroatoms. The number of hydrogen-bond acceptors (Lipinski definition) is 6. The number of ether oxygens (including phenoxy) is 1. The molecule has 2 aromatic carbocycles. The highest BCUT2D eigenvalue weighted by Gasteiger charge is 2.21. The molecule has 0 fully saturated rings. The number of benzene rings is 2. The quantitative estimate of drug-likeness (QED) is 0.521. The number of amides is 1. The van der Waals surface area contributed by atoms with E-state index in [2.05, 4.69) is 5.10 Å².